The number of aryl methyl sites for hydroxylation is 2. The van der Waals surface area contributed by atoms with Crippen molar-refractivity contribution < 1.29 is 14.2 Å². The molecule has 1 aliphatic rings. The Kier molecular flexibility index (Phi) is 6.54. The Labute approximate surface area is 171 Å². The van der Waals surface area contributed by atoms with Crippen LogP contribution in [0.4, 0.5) is 5.69 Å². The number of hydrogen-bond acceptors (Lipinski definition) is 7. The Bertz CT molecular complexity index is 928. The first-order chi connectivity index (χ1) is 13.9. The molecule has 3 heterocycles. The van der Waals surface area contributed by atoms with Crippen LogP contribution in [0.5, 0.6) is 5.88 Å². The van der Waals surface area contributed by atoms with E-state index in [1.807, 2.05) is 19.9 Å². The Hall–Kier alpha value is -2.45. The number of anilines is 1. The molecule has 1 fully saturated rings. The fourth-order valence-corrected chi connectivity index (χ4v) is 3.95. The van der Waals surface area contributed by atoms with E-state index < -0.39 is 0 Å². The van der Waals surface area contributed by atoms with E-state index in [0.29, 0.717) is 37.0 Å². The van der Waals surface area contributed by atoms with E-state index in [4.69, 9.17) is 19.2 Å². The first-order valence-electron chi connectivity index (χ1n) is 9.84. The van der Waals surface area contributed by atoms with Gasteiger partial charge in [0.05, 0.1) is 31.6 Å². The lowest BCUT2D eigenvalue weighted by Gasteiger charge is -2.28. The number of hydrogen-bond donors (Lipinski definition) is 0. The van der Waals surface area contributed by atoms with Gasteiger partial charge >= 0.3 is 0 Å². The lowest BCUT2D eigenvalue weighted by Crippen LogP contribution is -2.40. The molecule has 1 saturated heterocycles. The summed E-state index contributed by atoms with van der Waals surface area (Å²) in [4.78, 5) is 24.8. The number of ether oxygens (including phenoxy) is 3. The van der Waals surface area contributed by atoms with E-state index in [0.717, 1.165) is 23.2 Å². The third kappa shape index (κ3) is 4.00. The molecule has 0 spiro atoms. The quantitative estimate of drug-likeness (QED) is 0.700. The van der Waals surface area contributed by atoms with Crippen molar-refractivity contribution in [2.24, 2.45) is 7.05 Å². The fourth-order valence-electron chi connectivity index (χ4n) is 3.95. The van der Waals surface area contributed by atoms with Crippen molar-refractivity contribution in [3.8, 4) is 17.3 Å². The second-order valence-electron chi connectivity index (χ2n) is 7.34. The summed E-state index contributed by atoms with van der Waals surface area (Å²) < 4.78 is 17.8. The molecule has 2 aromatic heterocycles. The zero-order valence-electron chi connectivity index (χ0n) is 18.1. The van der Waals surface area contributed by atoms with Crippen LogP contribution in [0.25, 0.3) is 11.4 Å². The maximum Gasteiger partial charge on any atom is 0.277 e. The van der Waals surface area contributed by atoms with Crippen molar-refractivity contribution in [3.63, 3.8) is 0 Å². The molecule has 8 nitrogen and oxygen atoms in total. The van der Waals surface area contributed by atoms with Crippen LogP contribution in [0.2, 0.25) is 0 Å². The number of pyridine rings is 1. The molecule has 2 atom stereocenters. The van der Waals surface area contributed by atoms with Crippen LogP contribution in [0.1, 0.15) is 24.6 Å². The molecular weight excluding hydrogens is 372 g/mol. The molecule has 0 bridgehead atoms. The third-order valence-corrected chi connectivity index (χ3v) is 5.57. The highest BCUT2D eigenvalue weighted by atomic mass is 16.5. The molecule has 0 saturated carbocycles. The van der Waals surface area contributed by atoms with Gasteiger partial charge < -0.3 is 19.1 Å². The number of rotatable bonds is 7. The van der Waals surface area contributed by atoms with E-state index in [9.17, 15) is 4.79 Å². The van der Waals surface area contributed by atoms with Crippen molar-refractivity contribution in [2.75, 3.05) is 39.4 Å². The molecule has 8 heteroatoms. The van der Waals surface area contributed by atoms with Gasteiger partial charge in [-0.15, -0.1) is 0 Å². The molecule has 0 aromatic carbocycles. The SMILES string of the molecule is CCc1nc(-c2cnc(OC)cc2C)n(C)c(=O)c1N1C[C@H](OC)C[C@H]1COC. The summed E-state index contributed by atoms with van der Waals surface area (Å²) in [6, 6.07) is 1.93. The van der Waals surface area contributed by atoms with Crippen LogP contribution in [0.3, 0.4) is 0 Å². The summed E-state index contributed by atoms with van der Waals surface area (Å²) in [5.41, 5.74) is 3.11. The Morgan fingerprint density at radius 1 is 1.28 bits per heavy atom. The Morgan fingerprint density at radius 2 is 2.03 bits per heavy atom. The van der Waals surface area contributed by atoms with Crippen LogP contribution in [-0.4, -0.2) is 61.2 Å². The highest BCUT2D eigenvalue weighted by Gasteiger charge is 2.35. The number of nitrogens with zero attached hydrogens (tertiary/aromatic N) is 4. The lowest BCUT2D eigenvalue weighted by atomic mass is 10.1. The first kappa shape index (κ1) is 21.3. The van der Waals surface area contributed by atoms with E-state index in [1.165, 1.54) is 0 Å². The highest BCUT2D eigenvalue weighted by Crippen LogP contribution is 2.30. The second-order valence-corrected chi connectivity index (χ2v) is 7.34. The van der Waals surface area contributed by atoms with Crippen LogP contribution in [-0.2, 0) is 22.9 Å². The van der Waals surface area contributed by atoms with Crippen LogP contribution >= 0.6 is 0 Å². The molecule has 158 valence electrons. The monoisotopic (exact) mass is 402 g/mol. The van der Waals surface area contributed by atoms with Gasteiger partial charge in [-0.2, -0.15) is 0 Å². The normalized spacial score (nSPS) is 19.0. The zero-order valence-corrected chi connectivity index (χ0v) is 18.1. The largest absolute Gasteiger partial charge is 0.481 e. The lowest BCUT2D eigenvalue weighted by molar-refractivity contribution is 0.111. The number of aromatic nitrogens is 3. The zero-order chi connectivity index (χ0) is 21.1. The molecule has 0 N–H and O–H groups in total. The van der Waals surface area contributed by atoms with Gasteiger partial charge in [0, 0.05) is 45.6 Å². The van der Waals surface area contributed by atoms with Crippen molar-refractivity contribution in [3.05, 3.63) is 33.9 Å². The fraction of sp³-hybridized carbons (Fsp3) is 0.571. The molecule has 0 amide bonds. The van der Waals surface area contributed by atoms with Gasteiger partial charge in [-0.05, 0) is 25.3 Å². The average Bonchev–Trinajstić information content (AvgIpc) is 3.12. The minimum Gasteiger partial charge on any atom is -0.481 e. The summed E-state index contributed by atoms with van der Waals surface area (Å²) in [5, 5.41) is 0. The van der Waals surface area contributed by atoms with Crippen molar-refractivity contribution >= 4 is 5.69 Å². The number of methoxy groups -OCH3 is 3. The topological polar surface area (TPSA) is 78.7 Å². The van der Waals surface area contributed by atoms with E-state index in [1.54, 1.807) is 39.1 Å². The maximum absolute atomic E-state index is 13.5. The maximum atomic E-state index is 13.5. The highest BCUT2D eigenvalue weighted by molar-refractivity contribution is 5.63. The molecule has 1 aliphatic heterocycles. The molecule has 2 aromatic rings. The van der Waals surface area contributed by atoms with Gasteiger partial charge in [-0.1, -0.05) is 6.92 Å². The molecular formula is C21H30N4O4. The van der Waals surface area contributed by atoms with Crippen molar-refractivity contribution in [2.45, 2.75) is 38.8 Å². The summed E-state index contributed by atoms with van der Waals surface area (Å²) in [6.45, 7) is 5.17. The van der Waals surface area contributed by atoms with Crippen LogP contribution in [0, 0.1) is 6.92 Å². The minimum atomic E-state index is -0.0695. The summed E-state index contributed by atoms with van der Waals surface area (Å²) in [7, 11) is 6.72. The standard InChI is InChI=1S/C21H30N4O4/c1-7-17-19(25-11-15(28-5)9-14(25)12-27-4)21(26)24(3)20(23-17)16-10-22-18(29-6)8-13(16)2/h8,10,14-15H,7,9,11-12H2,1-6H3/t14-,15+/m0/s1. The molecule has 3 rings (SSSR count). The van der Waals surface area contributed by atoms with Crippen LogP contribution in [0.15, 0.2) is 17.1 Å². The Balaban J connectivity index is 2.12. The predicted molar refractivity (Wildman–Crippen MR) is 112 cm³/mol. The van der Waals surface area contributed by atoms with Gasteiger partial charge in [0.2, 0.25) is 5.88 Å². The van der Waals surface area contributed by atoms with Gasteiger partial charge in [0.1, 0.15) is 11.5 Å². The van der Waals surface area contributed by atoms with E-state index >= 15 is 0 Å². The third-order valence-electron chi connectivity index (χ3n) is 5.57. The van der Waals surface area contributed by atoms with Crippen LogP contribution < -0.4 is 15.2 Å². The Morgan fingerprint density at radius 3 is 2.62 bits per heavy atom. The average molecular weight is 402 g/mol. The van der Waals surface area contributed by atoms with Crippen molar-refractivity contribution in [1.82, 2.24) is 14.5 Å². The second kappa shape index (κ2) is 8.92. The predicted octanol–water partition coefficient (Wildman–Crippen LogP) is 1.96. The van der Waals surface area contributed by atoms with E-state index in [-0.39, 0.29) is 17.7 Å². The summed E-state index contributed by atoms with van der Waals surface area (Å²) in [5.74, 6) is 1.14. The van der Waals surface area contributed by atoms with Gasteiger partial charge in [0.15, 0.2) is 0 Å². The first-order valence-corrected chi connectivity index (χ1v) is 9.84. The molecule has 0 unspecified atom stereocenters. The molecule has 0 aliphatic carbocycles. The van der Waals surface area contributed by atoms with Crippen molar-refractivity contribution in [1.29, 1.82) is 0 Å². The van der Waals surface area contributed by atoms with Gasteiger partial charge in [-0.25, -0.2) is 9.97 Å². The summed E-state index contributed by atoms with van der Waals surface area (Å²) in [6.07, 6.45) is 3.24. The van der Waals surface area contributed by atoms with E-state index in [2.05, 4.69) is 9.88 Å². The molecule has 0 radical (unpaired) electrons. The smallest absolute Gasteiger partial charge is 0.277 e. The molecule has 29 heavy (non-hydrogen) atoms. The summed E-state index contributed by atoms with van der Waals surface area (Å²) >= 11 is 0. The van der Waals surface area contributed by atoms with Gasteiger partial charge in [-0.3, -0.25) is 9.36 Å². The van der Waals surface area contributed by atoms with Gasteiger partial charge in [0.25, 0.3) is 5.56 Å². The minimum absolute atomic E-state index is 0.0669.